The smallest absolute Gasteiger partial charge is 0.255 e. The van der Waals surface area contributed by atoms with Crippen LogP contribution in [0.5, 0.6) is 5.75 Å². The number of hydrogen-bond acceptors (Lipinski definition) is 4. The van der Waals surface area contributed by atoms with Gasteiger partial charge in [0.15, 0.2) is 0 Å². The number of amides is 1. The third-order valence-corrected chi connectivity index (χ3v) is 5.53. The van der Waals surface area contributed by atoms with E-state index in [9.17, 15) is 13.2 Å². The molecule has 3 rings (SSSR count). The number of benzene rings is 3. The molecule has 7 heteroatoms. The van der Waals surface area contributed by atoms with E-state index < -0.39 is 10.0 Å². The molecule has 0 aliphatic rings. The second-order valence-corrected chi connectivity index (χ2v) is 8.62. The molecule has 0 bridgehead atoms. The highest BCUT2D eigenvalue weighted by Gasteiger charge is 2.18. The summed E-state index contributed by atoms with van der Waals surface area (Å²) in [6.45, 7) is 2.65. The molecule has 0 aliphatic carbocycles. The molecule has 0 saturated heterocycles. The Bertz CT molecular complexity index is 1100. The van der Waals surface area contributed by atoms with Crippen LogP contribution in [0, 0.1) is 0 Å². The Labute approximate surface area is 177 Å². The lowest BCUT2D eigenvalue weighted by Gasteiger charge is -2.22. The minimum Gasteiger partial charge on any atom is -0.494 e. The van der Waals surface area contributed by atoms with Gasteiger partial charge in [-0.1, -0.05) is 36.4 Å². The van der Waals surface area contributed by atoms with Gasteiger partial charge in [0.05, 0.1) is 25.1 Å². The van der Waals surface area contributed by atoms with Gasteiger partial charge in [-0.3, -0.25) is 9.10 Å². The summed E-state index contributed by atoms with van der Waals surface area (Å²) in [6.07, 6.45) is 1.17. The van der Waals surface area contributed by atoms with E-state index in [1.165, 1.54) is 10.6 Å². The molecule has 0 atom stereocenters. The molecule has 0 aromatic heterocycles. The maximum absolute atomic E-state index is 12.6. The molecular weight excluding hydrogens is 400 g/mol. The first-order valence-electron chi connectivity index (χ1n) is 9.52. The van der Waals surface area contributed by atoms with Gasteiger partial charge in [-0.2, -0.15) is 0 Å². The zero-order chi connectivity index (χ0) is 21.6. The van der Waals surface area contributed by atoms with Crippen molar-refractivity contribution >= 4 is 27.3 Å². The van der Waals surface area contributed by atoms with Gasteiger partial charge in [0, 0.05) is 17.3 Å². The number of anilines is 2. The van der Waals surface area contributed by atoms with E-state index in [0.29, 0.717) is 29.3 Å². The van der Waals surface area contributed by atoms with Gasteiger partial charge in [0.25, 0.3) is 5.91 Å². The van der Waals surface area contributed by atoms with E-state index in [2.05, 4.69) is 5.32 Å². The quantitative estimate of drug-likeness (QED) is 0.585. The van der Waals surface area contributed by atoms with Gasteiger partial charge < -0.3 is 10.1 Å². The van der Waals surface area contributed by atoms with Crippen LogP contribution in [0.25, 0.3) is 0 Å². The largest absolute Gasteiger partial charge is 0.494 e. The molecule has 0 unspecified atom stereocenters. The van der Waals surface area contributed by atoms with Crippen molar-refractivity contribution in [3.8, 4) is 5.75 Å². The number of carbonyl (C=O) groups is 1. The highest BCUT2D eigenvalue weighted by Crippen LogP contribution is 2.22. The molecule has 0 saturated carbocycles. The first kappa shape index (κ1) is 21.4. The predicted octanol–water partition coefficient (Wildman–Crippen LogP) is 4.30. The molecule has 0 fully saturated rings. The molecule has 0 heterocycles. The summed E-state index contributed by atoms with van der Waals surface area (Å²) in [5, 5.41) is 2.82. The van der Waals surface area contributed by atoms with E-state index in [-0.39, 0.29) is 12.5 Å². The van der Waals surface area contributed by atoms with Crippen LogP contribution in [0.1, 0.15) is 22.8 Å². The summed E-state index contributed by atoms with van der Waals surface area (Å²) in [4.78, 5) is 12.6. The Balaban J connectivity index is 1.76. The zero-order valence-electron chi connectivity index (χ0n) is 16.9. The highest BCUT2D eigenvalue weighted by atomic mass is 32.2. The first-order valence-corrected chi connectivity index (χ1v) is 11.4. The summed E-state index contributed by atoms with van der Waals surface area (Å²) in [5.41, 5.74) is 2.42. The molecule has 3 aromatic carbocycles. The van der Waals surface area contributed by atoms with Crippen molar-refractivity contribution in [2.75, 3.05) is 22.5 Å². The van der Waals surface area contributed by atoms with Crippen LogP contribution in [-0.2, 0) is 16.6 Å². The molecule has 3 aromatic rings. The number of rotatable bonds is 8. The van der Waals surface area contributed by atoms with Crippen LogP contribution in [-0.4, -0.2) is 27.2 Å². The molecule has 30 heavy (non-hydrogen) atoms. The normalized spacial score (nSPS) is 11.0. The van der Waals surface area contributed by atoms with E-state index in [1.54, 1.807) is 42.5 Å². The predicted molar refractivity (Wildman–Crippen MR) is 119 cm³/mol. The lowest BCUT2D eigenvalue weighted by molar-refractivity contribution is 0.102. The van der Waals surface area contributed by atoms with Crippen molar-refractivity contribution in [2.24, 2.45) is 0 Å². The van der Waals surface area contributed by atoms with Gasteiger partial charge in [0.1, 0.15) is 5.75 Å². The van der Waals surface area contributed by atoms with Crippen LogP contribution in [0.2, 0.25) is 0 Å². The molecular formula is C23H24N2O4S. The molecule has 6 nitrogen and oxygen atoms in total. The maximum atomic E-state index is 12.6. The van der Waals surface area contributed by atoms with Crippen molar-refractivity contribution in [3.05, 3.63) is 90.0 Å². The number of nitrogens with one attached hydrogen (secondary N) is 1. The third kappa shape index (κ3) is 5.61. The van der Waals surface area contributed by atoms with Gasteiger partial charge in [-0.25, -0.2) is 8.42 Å². The second-order valence-electron chi connectivity index (χ2n) is 6.72. The zero-order valence-corrected chi connectivity index (χ0v) is 17.7. The second kappa shape index (κ2) is 9.45. The third-order valence-electron chi connectivity index (χ3n) is 4.39. The van der Waals surface area contributed by atoms with Crippen LogP contribution in [0.4, 0.5) is 11.4 Å². The SMILES string of the molecule is CCOc1cccc(NC(=O)c2ccc(N(Cc3ccccc3)S(C)(=O)=O)cc2)c1. The lowest BCUT2D eigenvalue weighted by atomic mass is 10.1. The van der Waals surface area contributed by atoms with Crippen LogP contribution in [0.3, 0.4) is 0 Å². The van der Waals surface area contributed by atoms with E-state index in [0.717, 1.165) is 5.56 Å². The molecule has 1 amide bonds. The fourth-order valence-corrected chi connectivity index (χ4v) is 3.85. The topological polar surface area (TPSA) is 75.7 Å². The van der Waals surface area contributed by atoms with E-state index >= 15 is 0 Å². The van der Waals surface area contributed by atoms with Crippen molar-refractivity contribution in [3.63, 3.8) is 0 Å². The molecule has 0 spiro atoms. The average Bonchev–Trinajstić information content (AvgIpc) is 2.73. The Hall–Kier alpha value is -3.32. The summed E-state index contributed by atoms with van der Waals surface area (Å²) in [5.74, 6) is 0.388. The minimum absolute atomic E-state index is 0.218. The number of sulfonamides is 1. The van der Waals surface area contributed by atoms with Crippen molar-refractivity contribution in [1.29, 1.82) is 0 Å². The molecule has 156 valence electrons. The van der Waals surface area contributed by atoms with Crippen LogP contribution >= 0.6 is 0 Å². The first-order chi connectivity index (χ1) is 14.4. The summed E-state index contributed by atoms with van der Waals surface area (Å²) in [7, 11) is -3.49. The Morgan fingerprint density at radius 1 is 0.967 bits per heavy atom. The minimum atomic E-state index is -3.49. The Kier molecular flexibility index (Phi) is 6.74. The average molecular weight is 425 g/mol. The monoisotopic (exact) mass is 424 g/mol. The summed E-state index contributed by atoms with van der Waals surface area (Å²) in [6, 6.07) is 23.0. The highest BCUT2D eigenvalue weighted by molar-refractivity contribution is 7.92. The summed E-state index contributed by atoms with van der Waals surface area (Å²) < 4.78 is 31.4. The lowest BCUT2D eigenvalue weighted by Crippen LogP contribution is -2.29. The number of nitrogens with zero attached hydrogens (tertiary/aromatic N) is 1. The standard InChI is InChI=1S/C23H24N2O4S/c1-3-29-22-11-7-10-20(16-22)24-23(26)19-12-14-21(15-13-19)25(30(2,27)28)17-18-8-5-4-6-9-18/h4-16H,3,17H2,1-2H3,(H,24,26). The van der Waals surface area contributed by atoms with Gasteiger partial charge in [-0.15, -0.1) is 0 Å². The van der Waals surface area contributed by atoms with Crippen LogP contribution in [0.15, 0.2) is 78.9 Å². The fourth-order valence-electron chi connectivity index (χ4n) is 2.96. The van der Waals surface area contributed by atoms with Crippen LogP contribution < -0.4 is 14.4 Å². The Morgan fingerprint density at radius 3 is 2.30 bits per heavy atom. The van der Waals surface area contributed by atoms with Gasteiger partial charge in [-0.05, 0) is 48.9 Å². The van der Waals surface area contributed by atoms with Gasteiger partial charge in [0.2, 0.25) is 10.0 Å². The van der Waals surface area contributed by atoms with Crippen molar-refractivity contribution in [2.45, 2.75) is 13.5 Å². The van der Waals surface area contributed by atoms with E-state index in [1.807, 2.05) is 43.3 Å². The van der Waals surface area contributed by atoms with E-state index in [4.69, 9.17) is 4.74 Å². The fraction of sp³-hybridized carbons (Fsp3) is 0.174. The number of carbonyl (C=O) groups excluding carboxylic acids is 1. The molecule has 1 N–H and O–H groups in total. The van der Waals surface area contributed by atoms with Crippen molar-refractivity contribution < 1.29 is 17.9 Å². The van der Waals surface area contributed by atoms with Gasteiger partial charge >= 0.3 is 0 Å². The number of ether oxygens (including phenoxy) is 1. The maximum Gasteiger partial charge on any atom is 0.255 e. The Morgan fingerprint density at radius 2 is 1.67 bits per heavy atom. The number of hydrogen-bond donors (Lipinski definition) is 1. The summed E-state index contributed by atoms with van der Waals surface area (Å²) >= 11 is 0. The van der Waals surface area contributed by atoms with Crippen molar-refractivity contribution in [1.82, 2.24) is 0 Å². The molecule has 0 radical (unpaired) electrons. The molecule has 0 aliphatic heterocycles.